The minimum Gasteiger partial charge on any atom is -0.458 e. The summed E-state index contributed by atoms with van der Waals surface area (Å²) in [6, 6.07) is 0. The van der Waals surface area contributed by atoms with Crippen molar-refractivity contribution in [1.82, 2.24) is 0 Å². The third kappa shape index (κ3) is 1.89. The molecule has 38 heavy (non-hydrogen) atoms. The van der Waals surface area contributed by atoms with Crippen molar-refractivity contribution in [3.8, 4) is 0 Å². The standard InChI is InChI=1S/C28H30O10/c1-22-11-17-24(3)27-13(19(31)37-24)6-7-15-23(2)16(29)5-4-8-25(23,33)9-10-26(15,34)28(20(22)27,21(32)38-27)35-12-14(22)18(30)36-17/h4-5,9-10,13-15,17,20,33-34H,6-8,11-12H2,1-3H3. The third-order valence-electron chi connectivity index (χ3n) is 12.3. The fraction of sp³-hybridized carbons (Fsp3) is 0.714. The van der Waals surface area contributed by atoms with Crippen molar-refractivity contribution in [3.63, 3.8) is 0 Å². The molecule has 10 nitrogen and oxygen atoms in total. The van der Waals surface area contributed by atoms with Gasteiger partial charge in [-0.15, -0.1) is 0 Å². The zero-order valence-electron chi connectivity index (χ0n) is 21.4. The van der Waals surface area contributed by atoms with Crippen LogP contribution in [0.1, 0.15) is 46.5 Å². The molecule has 6 fully saturated rings. The Bertz CT molecular complexity index is 1340. The molecule has 12 unspecified atom stereocenters. The van der Waals surface area contributed by atoms with Crippen LogP contribution in [0.5, 0.6) is 0 Å². The molecule has 8 rings (SSSR count). The van der Waals surface area contributed by atoms with Gasteiger partial charge in [0, 0.05) is 5.92 Å². The first-order valence-corrected chi connectivity index (χ1v) is 13.4. The Kier molecular flexibility index (Phi) is 3.75. The van der Waals surface area contributed by atoms with Crippen LogP contribution in [0.2, 0.25) is 0 Å². The number of aliphatic hydroxyl groups is 2. The van der Waals surface area contributed by atoms with E-state index in [0.29, 0.717) is 6.42 Å². The number of hydrogen-bond donors (Lipinski definition) is 2. The van der Waals surface area contributed by atoms with Gasteiger partial charge < -0.3 is 29.2 Å². The quantitative estimate of drug-likeness (QED) is 0.260. The van der Waals surface area contributed by atoms with Gasteiger partial charge in [-0.05, 0) is 51.0 Å². The van der Waals surface area contributed by atoms with E-state index in [1.165, 1.54) is 18.2 Å². The van der Waals surface area contributed by atoms with Gasteiger partial charge in [-0.2, -0.15) is 0 Å². The maximum Gasteiger partial charge on any atom is 0.343 e. The Hall–Kier alpha value is -2.56. The van der Waals surface area contributed by atoms with Gasteiger partial charge in [0.05, 0.1) is 29.5 Å². The van der Waals surface area contributed by atoms with E-state index >= 15 is 0 Å². The molecule has 0 aromatic heterocycles. The Morgan fingerprint density at radius 1 is 0.947 bits per heavy atom. The molecule has 4 bridgehead atoms. The normalized spacial score (nSPS) is 60.7. The highest BCUT2D eigenvalue weighted by Crippen LogP contribution is 2.77. The summed E-state index contributed by atoms with van der Waals surface area (Å²) in [6.45, 7) is 4.95. The highest BCUT2D eigenvalue weighted by molar-refractivity contribution is 5.99. The predicted octanol–water partition coefficient (Wildman–Crippen LogP) is 0.528. The third-order valence-corrected chi connectivity index (χ3v) is 12.3. The summed E-state index contributed by atoms with van der Waals surface area (Å²) >= 11 is 0. The van der Waals surface area contributed by atoms with E-state index in [1.54, 1.807) is 19.9 Å². The van der Waals surface area contributed by atoms with Crippen molar-refractivity contribution in [2.45, 2.75) is 80.6 Å². The number of carbonyl (C=O) groups excluding carboxylic acids is 4. The highest BCUT2D eigenvalue weighted by atomic mass is 16.7. The van der Waals surface area contributed by atoms with Gasteiger partial charge in [0.1, 0.15) is 17.6 Å². The summed E-state index contributed by atoms with van der Waals surface area (Å²) < 4.78 is 24.6. The maximum absolute atomic E-state index is 14.4. The number of hydrogen-bond acceptors (Lipinski definition) is 10. The molecular formula is C28H30O10. The lowest BCUT2D eigenvalue weighted by Crippen LogP contribution is -2.83. The van der Waals surface area contributed by atoms with E-state index in [4.69, 9.17) is 18.9 Å². The lowest BCUT2D eigenvalue weighted by atomic mass is 9.38. The first-order chi connectivity index (χ1) is 17.8. The van der Waals surface area contributed by atoms with Crippen LogP contribution in [0.4, 0.5) is 0 Å². The summed E-state index contributed by atoms with van der Waals surface area (Å²) in [5.74, 6) is -5.92. The molecule has 10 heteroatoms. The van der Waals surface area contributed by atoms with Crippen molar-refractivity contribution in [3.05, 3.63) is 24.3 Å². The number of ether oxygens (including phenoxy) is 4. The Balaban J connectivity index is 1.47. The molecule has 8 aliphatic rings. The minimum atomic E-state index is -2.08. The van der Waals surface area contributed by atoms with Crippen LogP contribution in [0.15, 0.2) is 24.3 Å². The molecule has 4 aliphatic carbocycles. The van der Waals surface area contributed by atoms with Gasteiger partial charge in [0.25, 0.3) is 0 Å². The largest absolute Gasteiger partial charge is 0.458 e. The topological polar surface area (TPSA) is 146 Å². The molecule has 0 radical (unpaired) electrons. The summed E-state index contributed by atoms with van der Waals surface area (Å²) in [6.07, 6.45) is 5.72. The van der Waals surface area contributed by atoms with Crippen LogP contribution >= 0.6 is 0 Å². The average Bonchev–Trinajstić information content (AvgIpc) is 3.25. The van der Waals surface area contributed by atoms with E-state index in [9.17, 15) is 29.4 Å². The second kappa shape index (κ2) is 6.10. The first kappa shape index (κ1) is 23.3. The van der Waals surface area contributed by atoms with E-state index in [1.807, 2.05) is 6.92 Å². The second-order valence-electron chi connectivity index (χ2n) is 13.3. The van der Waals surface area contributed by atoms with Gasteiger partial charge in [-0.3, -0.25) is 14.4 Å². The number of esters is 3. The minimum absolute atomic E-state index is 0.121. The van der Waals surface area contributed by atoms with Crippen LogP contribution < -0.4 is 0 Å². The highest BCUT2D eigenvalue weighted by Gasteiger charge is 2.93. The van der Waals surface area contributed by atoms with Gasteiger partial charge >= 0.3 is 17.9 Å². The number of carbonyl (C=O) groups is 4. The molecule has 4 aliphatic heterocycles. The summed E-state index contributed by atoms with van der Waals surface area (Å²) in [5.41, 5.74) is -11.2. The van der Waals surface area contributed by atoms with E-state index in [2.05, 4.69) is 0 Å². The molecule has 2 saturated carbocycles. The Morgan fingerprint density at radius 3 is 2.47 bits per heavy atom. The van der Waals surface area contributed by atoms with Gasteiger partial charge in [-0.1, -0.05) is 25.2 Å². The van der Waals surface area contributed by atoms with Gasteiger partial charge in [-0.25, -0.2) is 4.79 Å². The van der Waals surface area contributed by atoms with Crippen molar-refractivity contribution >= 4 is 23.7 Å². The number of fused-ring (bicyclic) bond motifs is 5. The van der Waals surface area contributed by atoms with E-state index < -0.39 is 86.5 Å². The molecule has 12 atom stereocenters. The fourth-order valence-corrected chi connectivity index (χ4v) is 10.4. The van der Waals surface area contributed by atoms with Crippen LogP contribution in [-0.4, -0.2) is 74.6 Å². The van der Waals surface area contributed by atoms with Crippen LogP contribution in [0, 0.1) is 34.5 Å². The molecule has 202 valence electrons. The summed E-state index contributed by atoms with van der Waals surface area (Å²) in [5, 5.41) is 24.6. The van der Waals surface area contributed by atoms with E-state index in [0.717, 1.165) is 0 Å². The molecule has 1 spiro atoms. The van der Waals surface area contributed by atoms with E-state index in [-0.39, 0.29) is 31.7 Å². The zero-order valence-corrected chi connectivity index (χ0v) is 21.4. The Morgan fingerprint density at radius 2 is 1.71 bits per heavy atom. The molecule has 4 saturated heterocycles. The van der Waals surface area contributed by atoms with Crippen LogP contribution in [-0.2, 0) is 38.1 Å². The number of ketones is 1. The van der Waals surface area contributed by atoms with Crippen molar-refractivity contribution in [2.24, 2.45) is 34.5 Å². The molecular weight excluding hydrogens is 496 g/mol. The van der Waals surface area contributed by atoms with Crippen molar-refractivity contribution < 1.29 is 48.3 Å². The smallest absolute Gasteiger partial charge is 0.343 e. The maximum atomic E-state index is 14.4. The first-order valence-electron chi connectivity index (χ1n) is 13.4. The molecule has 4 heterocycles. The lowest BCUT2D eigenvalue weighted by Gasteiger charge is -2.68. The van der Waals surface area contributed by atoms with Crippen LogP contribution in [0.3, 0.4) is 0 Å². The SMILES string of the molecule is CC12CC3OC(=O)C1COC14C(=O)OC5(C(CCC6C1(O)C=CC1(O)CC=CC(=O)C61C)C(=O)OC35C)C24. The molecule has 0 aromatic carbocycles. The number of allylic oxidation sites excluding steroid dienone is 1. The second-order valence-corrected chi connectivity index (χ2v) is 13.3. The Labute approximate surface area is 218 Å². The number of rotatable bonds is 0. The van der Waals surface area contributed by atoms with Crippen LogP contribution in [0.25, 0.3) is 0 Å². The summed E-state index contributed by atoms with van der Waals surface area (Å²) in [4.78, 5) is 54.8. The average molecular weight is 527 g/mol. The molecule has 2 N–H and O–H groups in total. The molecule has 0 aromatic rings. The monoisotopic (exact) mass is 526 g/mol. The van der Waals surface area contributed by atoms with Gasteiger partial charge in [0.15, 0.2) is 17.0 Å². The fourth-order valence-electron chi connectivity index (χ4n) is 10.4. The lowest BCUT2D eigenvalue weighted by molar-refractivity contribution is -0.335. The predicted molar refractivity (Wildman–Crippen MR) is 124 cm³/mol. The van der Waals surface area contributed by atoms with Crippen molar-refractivity contribution in [2.75, 3.05) is 6.61 Å². The van der Waals surface area contributed by atoms with Gasteiger partial charge in [0.2, 0.25) is 5.60 Å². The summed E-state index contributed by atoms with van der Waals surface area (Å²) in [7, 11) is 0. The van der Waals surface area contributed by atoms with Crippen molar-refractivity contribution in [1.29, 1.82) is 0 Å². The zero-order chi connectivity index (χ0) is 26.9. The molecule has 0 amide bonds.